The van der Waals surface area contributed by atoms with Gasteiger partial charge < -0.3 is 19.9 Å². The van der Waals surface area contributed by atoms with E-state index in [1.807, 2.05) is 44.2 Å². The Morgan fingerprint density at radius 2 is 1.83 bits per heavy atom. The molecule has 1 aromatic carbocycles. The summed E-state index contributed by atoms with van der Waals surface area (Å²) >= 11 is 0. The standard InChI is InChI=1S/C17H25NO5/c1-12(2)9-14(10-15(19)16(20)22-3)18-17(21)23-11-13-7-5-4-6-8-13/h4-8,12,14-15,19H,9-11H2,1-3H3,(H,18,21)/t14-,15+/m0/s1. The highest BCUT2D eigenvalue weighted by atomic mass is 16.5. The first kappa shape index (κ1) is 19.0. The molecule has 0 radical (unpaired) electrons. The Hall–Kier alpha value is -2.08. The van der Waals surface area contributed by atoms with Gasteiger partial charge in [-0.15, -0.1) is 0 Å². The van der Waals surface area contributed by atoms with Crippen molar-refractivity contribution in [1.29, 1.82) is 0 Å². The van der Waals surface area contributed by atoms with Crippen molar-refractivity contribution in [3.63, 3.8) is 0 Å². The number of rotatable bonds is 8. The number of nitrogens with one attached hydrogen (secondary N) is 1. The van der Waals surface area contributed by atoms with E-state index in [1.165, 1.54) is 7.11 Å². The molecule has 1 amide bonds. The van der Waals surface area contributed by atoms with E-state index in [0.29, 0.717) is 12.3 Å². The number of aliphatic hydroxyl groups is 1. The van der Waals surface area contributed by atoms with Crippen molar-refractivity contribution >= 4 is 12.1 Å². The second-order valence-electron chi connectivity index (χ2n) is 5.81. The van der Waals surface area contributed by atoms with Crippen molar-refractivity contribution < 1.29 is 24.2 Å². The zero-order valence-electron chi connectivity index (χ0n) is 13.8. The van der Waals surface area contributed by atoms with Crippen LogP contribution < -0.4 is 5.32 Å². The molecule has 0 unspecified atom stereocenters. The fraction of sp³-hybridized carbons (Fsp3) is 0.529. The molecule has 0 spiro atoms. The molecular formula is C17H25NO5. The molecule has 2 N–H and O–H groups in total. The lowest BCUT2D eigenvalue weighted by atomic mass is 9.99. The topological polar surface area (TPSA) is 84.9 Å². The van der Waals surface area contributed by atoms with Gasteiger partial charge >= 0.3 is 12.1 Å². The van der Waals surface area contributed by atoms with E-state index in [4.69, 9.17) is 4.74 Å². The highest BCUT2D eigenvalue weighted by Crippen LogP contribution is 2.12. The van der Waals surface area contributed by atoms with Crippen LogP contribution in [0, 0.1) is 5.92 Å². The Bertz CT molecular complexity index is 489. The lowest BCUT2D eigenvalue weighted by molar-refractivity contribution is -0.151. The van der Waals surface area contributed by atoms with Crippen molar-refractivity contribution in [3.8, 4) is 0 Å². The van der Waals surface area contributed by atoms with Gasteiger partial charge in [-0.05, 0) is 17.9 Å². The smallest absolute Gasteiger partial charge is 0.407 e. The lowest BCUT2D eigenvalue weighted by Crippen LogP contribution is -2.40. The van der Waals surface area contributed by atoms with Crippen LogP contribution in [0.15, 0.2) is 30.3 Å². The number of amides is 1. The Labute approximate surface area is 136 Å². The number of alkyl carbamates (subject to hydrolysis) is 1. The summed E-state index contributed by atoms with van der Waals surface area (Å²) in [4.78, 5) is 23.2. The number of benzene rings is 1. The first-order valence-electron chi connectivity index (χ1n) is 7.65. The SMILES string of the molecule is COC(=O)[C@H](O)C[C@H](CC(C)C)NC(=O)OCc1ccccc1. The molecule has 2 atom stereocenters. The molecule has 0 saturated heterocycles. The van der Waals surface area contributed by atoms with E-state index in [2.05, 4.69) is 10.1 Å². The quantitative estimate of drug-likeness (QED) is 0.717. The molecule has 0 fully saturated rings. The molecular weight excluding hydrogens is 298 g/mol. The minimum atomic E-state index is -1.27. The van der Waals surface area contributed by atoms with Crippen LogP contribution in [0.5, 0.6) is 0 Å². The number of hydrogen-bond donors (Lipinski definition) is 2. The van der Waals surface area contributed by atoms with E-state index in [-0.39, 0.29) is 19.1 Å². The van der Waals surface area contributed by atoms with Crippen LogP contribution in [0.4, 0.5) is 4.79 Å². The largest absolute Gasteiger partial charge is 0.467 e. The third-order valence-electron chi connectivity index (χ3n) is 3.27. The molecule has 0 aromatic heterocycles. The second-order valence-corrected chi connectivity index (χ2v) is 5.81. The normalized spacial score (nSPS) is 13.3. The maximum absolute atomic E-state index is 11.9. The van der Waals surface area contributed by atoms with Crippen LogP contribution in [0.3, 0.4) is 0 Å². The number of methoxy groups -OCH3 is 1. The number of carbonyl (C=O) groups excluding carboxylic acids is 2. The molecule has 23 heavy (non-hydrogen) atoms. The van der Waals surface area contributed by atoms with Gasteiger partial charge in [0, 0.05) is 12.5 Å². The van der Waals surface area contributed by atoms with Gasteiger partial charge in [-0.2, -0.15) is 0 Å². The predicted octanol–water partition coefficient (Wildman–Crippen LogP) is 2.25. The van der Waals surface area contributed by atoms with Crippen molar-refractivity contribution in [2.24, 2.45) is 5.92 Å². The van der Waals surface area contributed by atoms with Gasteiger partial charge in [0.25, 0.3) is 0 Å². The summed E-state index contributed by atoms with van der Waals surface area (Å²) in [6.07, 6.45) is -1.13. The highest BCUT2D eigenvalue weighted by molar-refractivity contribution is 5.74. The maximum atomic E-state index is 11.9. The van der Waals surface area contributed by atoms with Gasteiger partial charge in [0.2, 0.25) is 0 Å². The minimum absolute atomic E-state index is 0.0886. The van der Waals surface area contributed by atoms with Gasteiger partial charge in [0.05, 0.1) is 7.11 Å². The van der Waals surface area contributed by atoms with Gasteiger partial charge in [-0.1, -0.05) is 44.2 Å². The molecule has 0 aliphatic carbocycles. The lowest BCUT2D eigenvalue weighted by Gasteiger charge is -2.22. The van der Waals surface area contributed by atoms with Gasteiger partial charge in [-0.3, -0.25) is 0 Å². The maximum Gasteiger partial charge on any atom is 0.407 e. The molecule has 1 aromatic rings. The van der Waals surface area contributed by atoms with Crippen LogP contribution in [0.25, 0.3) is 0 Å². The van der Waals surface area contributed by atoms with Gasteiger partial charge in [0.1, 0.15) is 6.61 Å². The molecule has 0 heterocycles. The minimum Gasteiger partial charge on any atom is -0.467 e. The predicted molar refractivity (Wildman–Crippen MR) is 85.6 cm³/mol. The highest BCUT2D eigenvalue weighted by Gasteiger charge is 2.23. The monoisotopic (exact) mass is 323 g/mol. The third-order valence-corrected chi connectivity index (χ3v) is 3.27. The number of ether oxygens (including phenoxy) is 2. The van der Waals surface area contributed by atoms with E-state index in [9.17, 15) is 14.7 Å². The first-order valence-corrected chi connectivity index (χ1v) is 7.65. The van der Waals surface area contributed by atoms with Gasteiger partial charge in [0.15, 0.2) is 6.10 Å². The summed E-state index contributed by atoms with van der Waals surface area (Å²) in [6.45, 7) is 4.16. The molecule has 128 valence electrons. The van der Waals surface area contributed by atoms with E-state index in [1.54, 1.807) is 0 Å². The third kappa shape index (κ3) is 7.65. The van der Waals surface area contributed by atoms with Crippen LogP contribution >= 0.6 is 0 Å². The molecule has 0 aliphatic rings. The summed E-state index contributed by atoms with van der Waals surface area (Å²) in [5.41, 5.74) is 0.887. The fourth-order valence-electron chi connectivity index (χ4n) is 2.22. The van der Waals surface area contributed by atoms with Crippen LogP contribution in [0.2, 0.25) is 0 Å². The zero-order valence-corrected chi connectivity index (χ0v) is 13.8. The number of aliphatic hydroxyl groups excluding tert-OH is 1. The average molecular weight is 323 g/mol. The summed E-state index contributed by atoms with van der Waals surface area (Å²) < 4.78 is 9.66. The molecule has 0 aliphatic heterocycles. The van der Waals surface area contributed by atoms with Crippen molar-refractivity contribution in [1.82, 2.24) is 5.32 Å². The van der Waals surface area contributed by atoms with Crippen LogP contribution in [-0.4, -0.2) is 36.4 Å². The van der Waals surface area contributed by atoms with E-state index < -0.39 is 18.2 Å². The van der Waals surface area contributed by atoms with Crippen LogP contribution in [0.1, 0.15) is 32.3 Å². The Kier molecular flexibility index (Phi) is 8.11. The summed E-state index contributed by atoms with van der Waals surface area (Å²) in [6, 6.07) is 8.97. The number of esters is 1. The van der Waals surface area contributed by atoms with Crippen molar-refractivity contribution in [2.45, 2.75) is 45.4 Å². The molecule has 6 heteroatoms. The number of carbonyl (C=O) groups is 2. The average Bonchev–Trinajstić information content (AvgIpc) is 2.52. The Morgan fingerprint density at radius 1 is 1.17 bits per heavy atom. The molecule has 0 bridgehead atoms. The summed E-state index contributed by atoms with van der Waals surface area (Å²) in [5, 5.41) is 12.5. The zero-order chi connectivity index (χ0) is 17.2. The summed E-state index contributed by atoms with van der Waals surface area (Å²) in [5.74, 6) is -0.419. The second kappa shape index (κ2) is 9.84. The van der Waals surface area contributed by atoms with Crippen LogP contribution in [-0.2, 0) is 20.9 Å². The Balaban J connectivity index is 2.51. The molecule has 1 rings (SSSR count). The number of hydrogen-bond acceptors (Lipinski definition) is 5. The molecule has 6 nitrogen and oxygen atoms in total. The van der Waals surface area contributed by atoms with E-state index in [0.717, 1.165) is 5.56 Å². The van der Waals surface area contributed by atoms with E-state index >= 15 is 0 Å². The van der Waals surface area contributed by atoms with Crippen molar-refractivity contribution in [2.75, 3.05) is 7.11 Å². The summed E-state index contributed by atoms with van der Waals surface area (Å²) in [7, 11) is 1.21. The van der Waals surface area contributed by atoms with Crippen molar-refractivity contribution in [3.05, 3.63) is 35.9 Å². The first-order chi connectivity index (χ1) is 10.9. The van der Waals surface area contributed by atoms with Gasteiger partial charge in [-0.25, -0.2) is 9.59 Å². The Morgan fingerprint density at radius 3 is 2.39 bits per heavy atom. The molecule has 0 saturated carbocycles. The fourth-order valence-corrected chi connectivity index (χ4v) is 2.22.